The molecule has 0 radical (unpaired) electrons. The van der Waals surface area contributed by atoms with Gasteiger partial charge in [0.2, 0.25) is 0 Å². The summed E-state index contributed by atoms with van der Waals surface area (Å²) in [5.41, 5.74) is 6.16. The maximum atomic E-state index is 3.36. The van der Waals surface area contributed by atoms with Crippen molar-refractivity contribution in [3.8, 4) is 0 Å². The second-order valence-corrected chi connectivity index (χ2v) is 7.38. The Morgan fingerprint density at radius 1 is 1.08 bits per heavy atom. The lowest BCUT2D eigenvalue weighted by Crippen LogP contribution is -2.08. The minimum atomic E-state index is 0.888. The van der Waals surface area contributed by atoms with E-state index in [1.807, 2.05) is 20.8 Å². The average Bonchev–Trinajstić information content (AvgIpc) is 2.64. The number of allylic oxidation sites excluding steroid dienone is 3. The molecule has 0 fully saturated rings. The molecule has 1 aromatic rings. The monoisotopic (exact) mass is 376 g/mol. The smallest absolute Gasteiger partial charge is 0.0124 e. The lowest BCUT2D eigenvalue weighted by molar-refractivity contribution is 0.717. The van der Waals surface area contributed by atoms with E-state index in [4.69, 9.17) is 0 Å². The van der Waals surface area contributed by atoms with Gasteiger partial charge in [-0.25, -0.2) is 0 Å². The van der Waals surface area contributed by atoms with Crippen LogP contribution in [0, 0.1) is 6.92 Å². The summed E-state index contributed by atoms with van der Waals surface area (Å²) in [5, 5.41) is 1.58. The van der Waals surface area contributed by atoms with E-state index < -0.39 is 0 Å². The van der Waals surface area contributed by atoms with E-state index >= 15 is 0 Å². The Kier molecular flexibility index (Phi) is 19.9. The van der Waals surface area contributed by atoms with Crippen LogP contribution in [0.25, 0.3) is 5.57 Å². The molecular formula is C25H45P. The summed E-state index contributed by atoms with van der Waals surface area (Å²) in [7, 11) is 0.888. The van der Waals surface area contributed by atoms with Gasteiger partial charge < -0.3 is 0 Å². The fourth-order valence-corrected chi connectivity index (χ4v) is 3.99. The highest BCUT2D eigenvalue weighted by atomic mass is 31.1. The Morgan fingerprint density at radius 2 is 1.69 bits per heavy atom. The van der Waals surface area contributed by atoms with Crippen LogP contribution in [-0.2, 0) is 6.42 Å². The Hall–Kier alpha value is -0.870. The first-order valence-electron chi connectivity index (χ1n) is 10.7. The van der Waals surface area contributed by atoms with E-state index in [0.29, 0.717) is 0 Å². The maximum Gasteiger partial charge on any atom is -0.0124 e. The van der Waals surface area contributed by atoms with Gasteiger partial charge >= 0.3 is 0 Å². The van der Waals surface area contributed by atoms with Crippen LogP contribution in [0.2, 0.25) is 0 Å². The van der Waals surface area contributed by atoms with E-state index in [1.165, 1.54) is 44.1 Å². The fourth-order valence-electron chi connectivity index (χ4n) is 3.05. The summed E-state index contributed by atoms with van der Waals surface area (Å²) in [6.45, 7) is 20.7. The molecule has 0 heterocycles. The van der Waals surface area contributed by atoms with Crippen LogP contribution < -0.4 is 5.30 Å². The quantitative estimate of drug-likeness (QED) is 0.230. The van der Waals surface area contributed by atoms with Crippen molar-refractivity contribution in [2.45, 2.75) is 93.4 Å². The number of benzene rings is 1. The van der Waals surface area contributed by atoms with E-state index in [0.717, 1.165) is 15.0 Å². The van der Waals surface area contributed by atoms with Crippen LogP contribution >= 0.6 is 8.58 Å². The molecule has 0 aliphatic heterocycles. The first-order valence-corrected chi connectivity index (χ1v) is 12.2. The predicted molar refractivity (Wildman–Crippen MR) is 129 cm³/mol. The zero-order valence-corrected chi connectivity index (χ0v) is 20.0. The molecule has 0 aromatic heterocycles. The number of aryl methyl sites for hydroxylation is 2. The molecule has 26 heavy (non-hydrogen) atoms. The fraction of sp³-hybridized carbons (Fsp3) is 0.600. The Morgan fingerprint density at radius 3 is 2.15 bits per heavy atom. The van der Waals surface area contributed by atoms with Crippen molar-refractivity contribution in [2.24, 2.45) is 0 Å². The van der Waals surface area contributed by atoms with Crippen LogP contribution in [-0.4, -0.2) is 6.66 Å². The predicted octanol–water partition coefficient (Wildman–Crippen LogP) is 8.47. The third-order valence-corrected chi connectivity index (χ3v) is 4.96. The van der Waals surface area contributed by atoms with Gasteiger partial charge in [0.1, 0.15) is 0 Å². The van der Waals surface area contributed by atoms with Gasteiger partial charge in [-0.2, -0.15) is 0 Å². The van der Waals surface area contributed by atoms with Crippen molar-refractivity contribution in [3.05, 3.63) is 47.6 Å². The minimum Gasteiger partial charge on any atom is -0.103 e. The van der Waals surface area contributed by atoms with Crippen molar-refractivity contribution in [1.82, 2.24) is 0 Å². The molecule has 1 rings (SSSR count). The number of unbranched alkanes of at least 4 members (excludes halogenated alkanes) is 2. The van der Waals surface area contributed by atoms with Crippen LogP contribution in [0.3, 0.4) is 0 Å². The van der Waals surface area contributed by atoms with Gasteiger partial charge in [-0.1, -0.05) is 86.7 Å². The summed E-state index contributed by atoms with van der Waals surface area (Å²) in [4.78, 5) is 0. The largest absolute Gasteiger partial charge is 0.103 e. The first-order chi connectivity index (χ1) is 12.6. The second-order valence-electron chi connectivity index (χ2n) is 6.34. The van der Waals surface area contributed by atoms with Gasteiger partial charge in [0.05, 0.1) is 0 Å². The van der Waals surface area contributed by atoms with Crippen molar-refractivity contribution < 1.29 is 0 Å². The SMILES string of the molecule is C=CC.CC.CC/C=C(\CCC)c1c(C)cc(CCCCC)cc1PC. The van der Waals surface area contributed by atoms with Gasteiger partial charge in [-0.15, -0.1) is 6.58 Å². The molecule has 0 saturated carbocycles. The van der Waals surface area contributed by atoms with Crippen LogP contribution in [0.1, 0.15) is 96.8 Å². The van der Waals surface area contributed by atoms with Crippen LogP contribution in [0.15, 0.2) is 30.9 Å². The summed E-state index contributed by atoms with van der Waals surface area (Å²) < 4.78 is 0. The summed E-state index contributed by atoms with van der Waals surface area (Å²) >= 11 is 0. The molecule has 1 atom stereocenters. The van der Waals surface area contributed by atoms with Gasteiger partial charge in [0.15, 0.2) is 0 Å². The third kappa shape index (κ3) is 11.0. The van der Waals surface area contributed by atoms with Crippen molar-refractivity contribution >= 4 is 19.5 Å². The zero-order chi connectivity index (χ0) is 20.4. The molecule has 1 heteroatoms. The van der Waals surface area contributed by atoms with Crippen molar-refractivity contribution in [1.29, 1.82) is 0 Å². The highest BCUT2D eigenvalue weighted by Crippen LogP contribution is 2.27. The Balaban J connectivity index is 0. The molecule has 0 amide bonds. The van der Waals surface area contributed by atoms with Gasteiger partial charge in [-0.3, -0.25) is 0 Å². The molecule has 0 aliphatic carbocycles. The molecule has 1 unspecified atom stereocenters. The standard InChI is InChI=1S/C20H33P.C3H6.C2H6/c1-6-9-10-13-17-14-16(4)20(19(15-17)21-5)18(11-7-2)12-8-3;1-3-2;1-2/h11,14-15,21H,6-10,12-13H2,1-5H3;3H,1H2,2H3;1-2H3/b18-11+;;. The Labute approximate surface area is 167 Å². The van der Waals surface area contributed by atoms with Crippen LogP contribution in [0.5, 0.6) is 0 Å². The molecule has 1 aromatic carbocycles. The third-order valence-electron chi connectivity index (χ3n) is 4.02. The van der Waals surface area contributed by atoms with Crippen LogP contribution in [0.4, 0.5) is 0 Å². The maximum absolute atomic E-state index is 3.36. The average molecular weight is 377 g/mol. The van der Waals surface area contributed by atoms with E-state index in [2.05, 4.69) is 59.1 Å². The molecule has 0 nitrogen and oxygen atoms in total. The number of hydrogen-bond donors (Lipinski definition) is 0. The summed E-state index contributed by atoms with van der Waals surface area (Å²) in [5.74, 6) is 0. The summed E-state index contributed by atoms with van der Waals surface area (Å²) in [6, 6.07) is 4.92. The Bertz CT molecular complexity index is 497. The molecule has 0 spiro atoms. The number of rotatable bonds is 9. The first kappa shape index (κ1) is 27.3. The lowest BCUT2D eigenvalue weighted by atomic mass is 9.93. The summed E-state index contributed by atoms with van der Waals surface area (Å²) in [6.07, 6.45) is 13.0. The van der Waals surface area contributed by atoms with Gasteiger partial charge in [0, 0.05) is 0 Å². The molecular weight excluding hydrogens is 331 g/mol. The lowest BCUT2D eigenvalue weighted by Gasteiger charge is -2.17. The second kappa shape index (κ2) is 18.9. The topological polar surface area (TPSA) is 0 Å². The van der Waals surface area contributed by atoms with E-state index in [-0.39, 0.29) is 0 Å². The number of hydrogen-bond acceptors (Lipinski definition) is 0. The molecule has 0 bridgehead atoms. The van der Waals surface area contributed by atoms with E-state index in [9.17, 15) is 0 Å². The molecule has 0 N–H and O–H groups in total. The highest BCUT2D eigenvalue weighted by Gasteiger charge is 2.11. The highest BCUT2D eigenvalue weighted by molar-refractivity contribution is 7.46. The van der Waals surface area contributed by atoms with E-state index in [1.54, 1.807) is 28.1 Å². The van der Waals surface area contributed by atoms with Gasteiger partial charge in [0.25, 0.3) is 0 Å². The molecule has 0 aliphatic rings. The minimum absolute atomic E-state index is 0.888. The molecule has 0 saturated heterocycles. The zero-order valence-electron chi connectivity index (χ0n) is 19.0. The van der Waals surface area contributed by atoms with Crippen molar-refractivity contribution in [2.75, 3.05) is 6.66 Å². The normalized spacial score (nSPS) is 10.8. The molecule has 150 valence electrons. The van der Waals surface area contributed by atoms with Gasteiger partial charge in [-0.05, 0) is 73.8 Å². The van der Waals surface area contributed by atoms with Crippen molar-refractivity contribution in [3.63, 3.8) is 0 Å².